The van der Waals surface area contributed by atoms with Crippen LogP contribution in [0.25, 0.3) is 11.1 Å². The molecule has 0 aliphatic rings. The number of benzene rings is 2. The lowest BCUT2D eigenvalue weighted by Crippen LogP contribution is -2.12. The van der Waals surface area contributed by atoms with E-state index in [1.165, 1.54) is 11.1 Å². The van der Waals surface area contributed by atoms with Crippen molar-refractivity contribution in [2.75, 3.05) is 13.7 Å². The smallest absolute Gasteiger partial charge is 0.119 e. The molecule has 0 aliphatic carbocycles. The first-order chi connectivity index (χ1) is 9.24. The third-order valence-corrected chi connectivity index (χ3v) is 3.25. The van der Waals surface area contributed by atoms with E-state index in [1.54, 1.807) is 7.11 Å². The molecule has 2 nitrogen and oxygen atoms in total. The van der Waals surface area contributed by atoms with Crippen LogP contribution in [0.3, 0.4) is 0 Å². The Labute approximate surface area is 119 Å². The maximum Gasteiger partial charge on any atom is 0.119 e. The molecule has 3 heteroatoms. The first kappa shape index (κ1) is 13.9. The Morgan fingerprint density at radius 3 is 2.68 bits per heavy atom. The van der Waals surface area contributed by atoms with Crippen LogP contribution in [-0.4, -0.2) is 13.7 Å². The summed E-state index contributed by atoms with van der Waals surface area (Å²) in [7, 11) is 1.69. The highest BCUT2D eigenvalue weighted by Gasteiger charge is 2.07. The topological polar surface area (TPSA) is 21.3 Å². The van der Waals surface area contributed by atoms with E-state index in [9.17, 15) is 0 Å². The first-order valence-electron chi connectivity index (χ1n) is 6.38. The van der Waals surface area contributed by atoms with E-state index in [0.29, 0.717) is 0 Å². The summed E-state index contributed by atoms with van der Waals surface area (Å²) < 4.78 is 5.30. The Morgan fingerprint density at radius 2 is 2.00 bits per heavy atom. The van der Waals surface area contributed by atoms with Gasteiger partial charge in [-0.15, -0.1) is 0 Å². The maximum absolute atomic E-state index is 6.07. The van der Waals surface area contributed by atoms with Gasteiger partial charge in [0.2, 0.25) is 0 Å². The predicted molar refractivity (Wildman–Crippen MR) is 80.8 cm³/mol. The fourth-order valence-corrected chi connectivity index (χ4v) is 2.23. The molecule has 1 N–H and O–H groups in total. The molecule has 0 amide bonds. The van der Waals surface area contributed by atoms with Gasteiger partial charge in [-0.3, -0.25) is 0 Å². The van der Waals surface area contributed by atoms with Gasteiger partial charge in [-0.25, -0.2) is 0 Å². The molecular weight excluding hydrogens is 258 g/mol. The van der Waals surface area contributed by atoms with Gasteiger partial charge in [0.15, 0.2) is 0 Å². The summed E-state index contributed by atoms with van der Waals surface area (Å²) in [5.41, 5.74) is 3.52. The molecule has 0 spiro atoms. The number of nitrogens with one attached hydrogen (secondary N) is 1. The van der Waals surface area contributed by atoms with Crippen molar-refractivity contribution in [2.24, 2.45) is 0 Å². The van der Waals surface area contributed by atoms with Gasteiger partial charge >= 0.3 is 0 Å². The SMILES string of the molecule is CCNCc1cc(OC)ccc1-c1cccc(Cl)c1. The second-order valence-corrected chi connectivity index (χ2v) is 4.75. The second-order valence-electron chi connectivity index (χ2n) is 4.31. The Balaban J connectivity index is 2.43. The summed E-state index contributed by atoms with van der Waals surface area (Å²) >= 11 is 6.07. The van der Waals surface area contributed by atoms with Crippen molar-refractivity contribution < 1.29 is 4.74 Å². The number of methoxy groups -OCH3 is 1. The monoisotopic (exact) mass is 275 g/mol. The number of hydrogen-bond acceptors (Lipinski definition) is 2. The van der Waals surface area contributed by atoms with Gasteiger partial charge in [-0.05, 0) is 47.5 Å². The minimum absolute atomic E-state index is 0.753. The summed E-state index contributed by atoms with van der Waals surface area (Å²) in [6, 6.07) is 14.0. The van der Waals surface area contributed by atoms with Gasteiger partial charge in [0.1, 0.15) is 5.75 Å². The van der Waals surface area contributed by atoms with Crippen LogP contribution in [0.5, 0.6) is 5.75 Å². The van der Waals surface area contributed by atoms with Crippen molar-refractivity contribution in [2.45, 2.75) is 13.5 Å². The van der Waals surface area contributed by atoms with Gasteiger partial charge in [0.05, 0.1) is 7.11 Å². The highest BCUT2D eigenvalue weighted by Crippen LogP contribution is 2.29. The molecule has 0 unspecified atom stereocenters. The fourth-order valence-electron chi connectivity index (χ4n) is 2.04. The van der Waals surface area contributed by atoms with Crippen LogP contribution in [-0.2, 0) is 6.54 Å². The molecule has 0 fully saturated rings. The van der Waals surface area contributed by atoms with Crippen molar-refractivity contribution in [3.63, 3.8) is 0 Å². The molecule has 0 saturated heterocycles. The Kier molecular flexibility index (Phi) is 4.83. The van der Waals surface area contributed by atoms with Gasteiger partial charge in [-0.1, -0.05) is 36.7 Å². The van der Waals surface area contributed by atoms with Crippen molar-refractivity contribution in [1.82, 2.24) is 5.32 Å². The summed E-state index contributed by atoms with van der Waals surface area (Å²) in [6.07, 6.45) is 0. The lowest BCUT2D eigenvalue weighted by atomic mass is 9.99. The lowest BCUT2D eigenvalue weighted by Gasteiger charge is -2.12. The normalized spacial score (nSPS) is 10.5. The summed E-state index contributed by atoms with van der Waals surface area (Å²) in [6.45, 7) is 3.85. The van der Waals surface area contributed by atoms with Crippen LogP contribution >= 0.6 is 11.6 Å². The van der Waals surface area contributed by atoms with Gasteiger partial charge in [-0.2, -0.15) is 0 Å². The zero-order valence-corrected chi connectivity index (χ0v) is 12.0. The summed E-state index contributed by atoms with van der Waals surface area (Å²) in [4.78, 5) is 0. The lowest BCUT2D eigenvalue weighted by molar-refractivity contribution is 0.414. The average molecular weight is 276 g/mol. The zero-order chi connectivity index (χ0) is 13.7. The summed E-state index contributed by atoms with van der Waals surface area (Å²) in [5, 5.41) is 4.10. The van der Waals surface area contributed by atoms with E-state index in [-0.39, 0.29) is 0 Å². The molecule has 0 aliphatic heterocycles. The van der Waals surface area contributed by atoms with E-state index in [2.05, 4.69) is 30.4 Å². The van der Waals surface area contributed by atoms with Crippen LogP contribution in [0, 0.1) is 0 Å². The van der Waals surface area contributed by atoms with Crippen LogP contribution in [0.1, 0.15) is 12.5 Å². The van der Waals surface area contributed by atoms with Crippen molar-refractivity contribution in [1.29, 1.82) is 0 Å². The molecule has 100 valence electrons. The molecule has 0 bridgehead atoms. The quantitative estimate of drug-likeness (QED) is 0.886. The highest BCUT2D eigenvalue weighted by atomic mass is 35.5. The second kappa shape index (κ2) is 6.60. The molecule has 2 rings (SSSR count). The molecule has 0 radical (unpaired) electrons. The van der Waals surface area contributed by atoms with Gasteiger partial charge < -0.3 is 10.1 Å². The highest BCUT2D eigenvalue weighted by molar-refractivity contribution is 6.30. The van der Waals surface area contributed by atoms with E-state index < -0.39 is 0 Å². The zero-order valence-electron chi connectivity index (χ0n) is 11.2. The molecular formula is C16H18ClNO. The predicted octanol–water partition coefficient (Wildman–Crippen LogP) is 4.13. The van der Waals surface area contributed by atoms with Crippen molar-refractivity contribution >= 4 is 11.6 Å². The Hall–Kier alpha value is -1.51. The third-order valence-electron chi connectivity index (χ3n) is 3.01. The third kappa shape index (κ3) is 3.49. The molecule has 2 aromatic rings. The number of ether oxygens (including phenoxy) is 1. The number of hydrogen-bond donors (Lipinski definition) is 1. The van der Waals surface area contributed by atoms with Crippen LogP contribution in [0.2, 0.25) is 5.02 Å². The van der Waals surface area contributed by atoms with E-state index in [1.807, 2.05) is 24.3 Å². The minimum Gasteiger partial charge on any atom is -0.497 e. The molecule has 0 saturated carbocycles. The van der Waals surface area contributed by atoms with Crippen LogP contribution < -0.4 is 10.1 Å². The average Bonchev–Trinajstić information content (AvgIpc) is 2.44. The standard InChI is InChI=1S/C16H18ClNO/c1-3-18-11-13-10-15(19-2)7-8-16(13)12-5-4-6-14(17)9-12/h4-10,18H,3,11H2,1-2H3. The minimum atomic E-state index is 0.753. The molecule has 2 aromatic carbocycles. The molecule has 0 aromatic heterocycles. The van der Waals surface area contributed by atoms with Gasteiger partial charge in [0.25, 0.3) is 0 Å². The van der Waals surface area contributed by atoms with E-state index in [0.717, 1.165) is 29.4 Å². The van der Waals surface area contributed by atoms with Crippen LogP contribution in [0.15, 0.2) is 42.5 Å². The molecule has 0 heterocycles. The first-order valence-corrected chi connectivity index (χ1v) is 6.76. The fraction of sp³-hybridized carbons (Fsp3) is 0.250. The van der Waals surface area contributed by atoms with Crippen molar-refractivity contribution in [3.05, 3.63) is 53.1 Å². The maximum atomic E-state index is 6.07. The Bertz CT molecular complexity index is 554. The van der Waals surface area contributed by atoms with Crippen molar-refractivity contribution in [3.8, 4) is 16.9 Å². The van der Waals surface area contributed by atoms with Crippen LogP contribution in [0.4, 0.5) is 0 Å². The molecule has 0 atom stereocenters. The Morgan fingerprint density at radius 1 is 1.16 bits per heavy atom. The van der Waals surface area contributed by atoms with E-state index >= 15 is 0 Å². The largest absolute Gasteiger partial charge is 0.497 e. The number of rotatable bonds is 5. The number of halogens is 1. The van der Waals surface area contributed by atoms with Gasteiger partial charge in [0, 0.05) is 11.6 Å². The van der Waals surface area contributed by atoms with E-state index in [4.69, 9.17) is 16.3 Å². The molecule has 19 heavy (non-hydrogen) atoms. The summed E-state index contributed by atoms with van der Waals surface area (Å²) in [5.74, 6) is 0.874.